The van der Waals surface area contributed by atoms with E-state index in [9.17, 15) is 10.2 Å². The highest BCUT2D eigenvalue weighted by Crippen LogP contribution is 2.40. The van der Waals surface area contributed by atoms with Gasteiger partial charge in [-0.25, -0.2) is 0 Å². The number of ether oxygens (including phenoxy) is 1. The number of pyridine rings is 2. The second-order valence-electron chi connectivity index (χ2n) is 12.8. The van der Waals surface area contributed by atoms with E-state index in [-0.39, 0.29) is 0 Å². The van der Waals surface area contributed by atoms with E-state index in [2.05, 4.69) is 86.9 Å². The van der Waals surface area contributed by atoms with Crippen molar-refractivity contribution < 1.29 is 14.9 Å². The molecule has 4 aromatic carbocycles. The third-order valence-corrected chi connectivity index (χ3v) is 10.4. The Morgan fingerprint density at radius 3 is 1.69 bits per heavy atom. The molecule has 0 aliphatic heterocycles. The number of halogens is 1. The monoisotopic (exact) mass is 718 g/mol. The van der Waals surface area contributed by atoms with Crippen molar-refractivity contribution in [3.8, 4) is 34.0 Å². The number of methoxy groups -OCH3 is 1. The summed E-state index contributed by atoms with van der Waals surface area (Å²) in [6.45, 7) is 12.5. The van der Waals surface area contributed by atoms with E-state index in [0.29, 0.717) is 10.6 Å². The van der Waals surface area contributed by atoms with Crippen LogP contribution in [0.25, 0.3) is 44.1 Å². The minimum absolute atomic E-state index is 0.306. The summed E-state index contributed by atoms with van der Waals surface area (Å²) >= 11 is 3.81. The number of hydrogen-bond donors (Lipinski definition) is 2. The van der Waals surface area contributed by atoms with Gasteiger partial charge in [0.2, 0.25) is 0 Å². The number of benzene rings is 4. The fraction of sp³-hybridized carbons (Fsp3) is 0.302. The molecule has 2 unspecified atom stereocenters. The number of nitrogens with zero attached hydrogens (tertiary/aromatic N) is 2. The van der Waals surface area contributed by atoms with E-state index in [1.807, 2.05) is 49.6 Å². The number of alkyl halides is 1. The largest absolute Gasteiger partial charge is 0.508 e. The van der Waals surface area contributed by atoms with Crippen LogP contribution >= 0.6 is 15.9 Å². The SMILES string of the molecule is CCCC(Br)c1cnc(-c2c(C)ccc(O)c2C)c2ccccc12.CCCC(O)c1cnc(-c2c(C)ccc(OC)c2C)c2ccccc12. The highest BCUT2D eigenvalue weighted by Gasteiger charge is 2.19. The third-order valence-electron chi connectivity index (χ3n) is 9.41. The molecule has 0 saturated carbocycles. The zero-order chi connectivity index (χ0) is 35.2. The van der Waals surface area contributed by atoms with Crippen molar-refractivity contribution in [2.75, 3.05) is 7.11 Å². The molecule has 0 aliphatic rings. The number of phenolic OH excluding ortho intramolecular Hbond substituents is 1. The summed E-state index contributed by atoms with van der Waals surface area (Å²) in [6.07, 6.45) is 7.20. The second-order valence-corrected chi connectivity index (χ2v) is 13.9. The number of aromatic nitrogens is 2. The lowest BCUT2D eigenvalue weighted by Crippen LogP contribution is -2.02. The Hall–Kier alpha value is -4.26. The van der Waals surface area contributed by atoms with Crippen molar-refractivity contribution in [1.29, 1.82) is 0 Å². The Morgan fingerprint density at radius 2 is 1.14 bits per heavy atom. The van der Waals surface area contributed by atoms with Gasteiger partial charge in [0.05, 0.1) is 24.6 Å². The lowest BCUT2D eigenvalue weighted by Gasteiger charge is -2.18. The number of hydrogen-bond acceptors (Lipinski definition) is 5. The zero-order valence-electron chi connectivity index (χ0n) is 29.6. The molecule has 49 heavy (non-hydrogen) atoms. The fourth-order valence-corrected chi connectivity index (χ4v) is 7.62. The summed E-state index contributed by atoms with van der Waals surface area (Å²) in [6, 6.07) is 24.4. The van der Waals surface area contributed by atoms with Crippen LogP contribution < -0.4 is 4.74 Å². The number of aliphatic hydroxyl groups is 1. The Kier molecular flexibility index (Phi) is 11.7. The molecule has 0 amide bonds. The van der Waals surface area contributed by atoms with Crippen LogP contribution in [0.1, 0.15) is 83.8 Å². The summed E-state index contributed by atoms with van der Waals surface area (Å²) in [5.41, 5.74) is 10.4. The van der Waals surface area contributed by atoms with Gasteiger partial charge in [-0.1, -0.05) is 103 Å². The van der Waals surface area contributed by atoms with Crippen LogP contribution in [0.4, 0.5) is 0 Å². The van der Waals surface area contributed by atoms with E-state index in [0.717, 1.165) is 97.9 Å². The topological polar surface area (TPSA) is 75.5 Å². The van der Waals surface area contributed by atoms with Crippen LogP contribution in [0, 0.1) is 27.7 Å². The van der Waals surface area contributed by atoms with Gasteiger partial charge in [0.15, 0.2) is 0 Å². The van der Waals surface area contributed by atoms with E-state index in [4.69, 9.17) is 14.7 Å². The molecule has 0 bridgehead atoms. The molecule has 0 aliphatic carbocycles. The number of phenols is 1. The molecule has 6 heteroatoms. The highest BCUT2D eigenvalue weighted by molar-refractivity contribution is 9.09. The second kappa shape index (κ2) is 16.0. The molecule has 2 atom stereocenters. The highest BCUT2D eigenvalue weighted by atomic mass is 79.9. The molecule has 0 fully saturated rings. The average molecular weight is 720 g/mol. The summed E-state index contributed by atoms with van der Waals surface area (Å²) in [5.74, 6) is 1.18. The molecule has 2 heterocycles. The number of aryl methyl sites for hydroxylation is 2. The minimum Gasteiger partial charge on any atom is -0.508 e. The molecular weight excluding hydrogens is 672 g/mol. The van der Waals surface area contributed by atoms with E-state index in [1.165, 1.54) is 10.9 Å². The average Bonchev–Trinajstić information content (AvgIpc) is 3.10. The molecule has 2 aromatic heterocycles. The van der Waals surface area contributed by atoms with Gasteiger partial charge in [-0.05, 0) is 80.1 Å². The van der Waals surface area contributed by atoms with Gasteiger partial charge in [0, 0.05) is 55.8 Å². The lowest BCUT2D eigenvalue weighted by atomic mass is 9.92. The number of aromatic hydroxyl groups is 1. The molecule has 0 spiro atoms. The van der Waals surface area contributed by atoms with Crippen molar-refractivity contribution in [3.63, 3.8) is 0 Å². The Bertz CT molecular complexity index is 2090. The lowest BCUT2D eigenvalue weighted by molar-refractivity contribution is 0.167. The van der Waals surface area contributed by atoms with Gasteiger partial charge in [-0.3, -0.25) is 9.97 Å². The molecule has 6 aromatic rings. The van der Waals surface area contributed by atoms with Gasteiger partial charge in [-0.15, -0.1) is 0 Å². The molecule has 254 valence electrons. The standard InChI is InChI=1S/C22H25NO2.C21H22BrNO/c1-5-8-19(24)18-13-23-22(17-10-7-6-9-16(17)18)21-14(2)11-12-20(25-4)15(21)3;1-4-7-18(22)17-12-23-21(16-9-6-5-8-15(16)17)20-13(2)10-11-19(24)14(20)3/h6-7,9-13,19,24H,5,8H2,1-4H3;5-6,8-12,18,24H,4,7H2,1-3H3. The third kappa shape index (κ3) is 7.36. The summed E-state index contributed by atoms with van der Waals surface area (Å²) in [7, 11) is 1.69. The van der Waals surface area contributed by atoms with E-state index >= 15 is 0 Å². The van der Waals surface area contributed by atoms with Gasteiger partial charge in [-0.2, -0.15) is 0 Å². The Balaban J connectivity index is 0.000000191. The van der Waals surface area contributed by atoms with Crippen LogP contribution in [-0.4, -0.2) is 27.3 Å². The maximum atomic E-state index is 10.5. The number of rotatable bonds is 9. The van der Waals surface area contributed by atoms with Gasteiger partial charge >= 0.3 is 0 Å². The molecule has 0 saturated heterocycles. The predicted octanol–water partition coefficient (Wildman–Crippen LogP) is 11.8. The maximum Gasteiger partial charge on any atom is 0.122 e. The number of fused-ring (bicyclic) bond motifs is 2. The summed E-state index contributed by atoms with van der Waals surface area (Å²) in [4.78, 5) is 9.87. The first-order valence-corrected chi connectivity index (χ1v) is 18.1. The van der Waals surface area contributed by atoms with E-state index in [1.54, 1.807) is 13.2 Å². The van der Waals surface area contributed by atoms with Crippen molar-refractivity contribution >= 4 is 37.5 Å². The first kappa shape index (κ1) is 36.0. The molecule has 0 radical (unpaired) electrons. The normalized spacial score (nSPS) is 12.4. The van der Waals surface area contributed by atoms with Gasteiger partial charge < -0.3 is 14.9 Å². The zero-order valence-corrected chi connectivity index (χ0v) is 31.2. The van der Waals surface area contributed by atoms with Gasteiger partial charge in [0.25, 0.3) is 0 Å². The molecule has 6 rings (SSSR count). The molecule has 5 nitrogen and oxygen atoms in total. The van der Waals surface area contributed by atoms with Crippen LogP contribution in [0.2, 0.25) is 0 Å². The fourth-order valence-electron chi connectivity index (χ4n) is 6.79. The quantitative estimate of drug-likeness (QED) is 0.146. The summed E-state index contributed by atoms with van der Waals surface area (Å²) in [5, 5.41) is 25.1. The van der Waals surface area contributed by atoms with Gasteiger partial charge in [0.1, 0.15) is 11.5 Å². The van der Waals surface area contributed by atoms with Crippen LogP contribution in [0.5, 0.6) is 11.5 Å². The first-order valence-electron chi connectivity index (χ1n) is 17.1. The predicted molar refractivity (Wildman–Crippen MR) is 208 cm³/mol. The Morgan fingerprint density at radius 1 is 0.653 bits per heavy atom. The van der Waals surface area contributed by atoms with Crippen LogP contribution in [-0.2, 0) is 0 Å². The number of aliphatic hydroxyl groups excluding tert-OH is 1. The van der Waals surface area contributed by atoms with Crippen molar-refractivity contribution in [3.05, 3.63) is 119 Å². The van der Waals surface area contributed by atoms with Crippen LogP contribution in [0.3, 0.4) is 0 Å². The van der Waals surface area contributed by atoms with Crippen molar-refractivity contribution in [1.82, 2.24) is 9.97 Å². The molecular formula is C43H47BrN2O3. The summed E-state index contributed by atoms with van der Waals surface area (Å²) < 4.78 is 5.50. The first-order chi connectivity index (χ1) is 23.6. The smallest absolute Gasteiger partial charge is 0.122 e. The maximum absolute atomic E-state index is 10.5. The van der Waals surface area contributed by atoms with Crippen LogP contribution in [0.15, 0.2) is 85.2 Å². The molecule has 2 N–H and O–H groups in total. The van der Waals surface area contributed by atoms with E-state index < -0.39 is 6.10 Å². The Labute approximate surface area is 299 Å². The van der Waals surface area contributed by atoms with Crippen molar-refractivity contribution in [2.24, 2.45) is 0 Å². The minimum atomic E-state index is -0.482. The van der Waals surface area contributed by atoms with Crippen molar-refractivity contribution in [2.45, 2.75) is 78.2 Å².